The van der Waals surface area contributed by atoms with Gasteiger partial charge in [0.15, 0.2) is 17.3 Å². The van der Waals surface area contributed by atoms with Crippen molar-refractivity contribution in [2.75, 3.05) is 14.2 Å². The van der Waals surface area contributed by atoms with E-state index in [2.05, 4.69) is 0 Å². The second kappa shape index (κ2) is 6.70. The maximum atomic E-state index is 13.5. The number of ketones is 1. The van der Waals surface area contributed by atoms with Gasteiger partial charge < -0.3 is 9.47 Å². The molecule has 2 rings (SSSR count). The molecule has 4 heteroatoms. The quantitative estimate of drug-likeness (QED) is 0.620. The summed E-state index contributed by atoms with van der Waals surface area (Å²) in [6.45, 7) is 0. The Bertz CT molecular complexity index is 677. The number of ether oxygens (including phenoxy) is 2. The van der Waals surface area contributed by atoms with Crippen molar-refractivity contribution < 1.29 is 18.7 Å². The molecule has 0 radical (unpaired) electrons. The van der Waals surface area contributed by atoms with E-state index in [4.69, 9.17) is 9.47 Å². The van der Waals surface area contributed by atoms with E-state index >= 15 is 0 Å². The Morgan fingerprint density at radius 3 is 2.43 bits per heavy atom. The molecule has 0 spiro atoms. The van der Waals surface area contributed by atoms with Gasteiger partial charge >= 0.3 is 0 Å². The van der Waals surface area contributed by atoms with Crippen LogP contribution >= 0.6 is 0 Å². The lowest BCUT2D eigenvalue weighted by Gasteiger charge is -2.08. The molecule has 0 N–H and O–H groups in total. The Morgan fingerprint density at radius 2 is 1.76 bits per heavy atom. The van der Waals surface area contributed by atoms with Crippen molar-refractivity contribution in [1.29, 1.82) is 0 Å². The van der Waals surface area contributed by atoms with Gasteiger partial charge in [0.25, 0.3) is 0 Å². The third-order valence-corrected chi connectivity index (χ3v) is 2.99. The average Bonchev–Trinajstić information content (AvgIpc) is 2.53. The summed E-state index contributed by atoms with van der Waals surface area (Å²) in [5, 5.41) is 0. The van der Waals surface area contributed by atoms with Crippen molar-refractivity contribution in [3.8, 4) is 11.5 Å². The fourth-order valence-corrected chi connectivity index (χ4v) is 1.86. The Kier molecular flexibility index (Phi) is 4.72. The topological polar surface area (TPSA) is 35.5 Å². The number of hydrogen-bond acceptors (Lipinski definition) is 3. The second-order valence-corrected chi connectivity index (χ2v) is 4.29. The Hall–Kier alpha value is -2.62. The van der Waals surface area contributed by atoms with Gasteiger partial charge in [-0.1, -0.05) is 18.2 Å². The molecule has 0 amide bonds. The van der Waals surface area contributed by atoms with Crippen molar-refractivity contribution in [1.82, 2.24) is 0 Å². The Balaban J connectivity index is 2.23. The zero-order valence-corrected chi connectivity index (χ0v) is 11.8. The van der Waals surface area contributed by atoms with Gasteiger partial charge in [-0.3, -0.25) is 4.79 Å². The Labute approximate surface area is 122 Å². The molecule has 0 atom stereocenters. The van der Waals surface area contributed by atoms with Gasteiger partial charge in [-0.15, -0.1) is 0 Å². The van der Waals surface area contributed by atoms with Crippen LogP contribution in [0.4, 0.5) is 4.39 Å². The number of allylic oxidation sites excluding steroid dienone is 1. The first-order valence-corrected chi connectivity index (χ1v) is 6.34. The minimum absolute atomic E-state index is 0.237. The molecule has 0 saturated heterocycles. The molecule has 0 heterocycles. The summed E-state index contributed by atoms with van der Waals surface area (Å²) in [5.41, 5.74) is 0.812. The third-order valence-electron chi connectivity index (χ3n) is 2.99. The van der Waals surface area contributed by atoms with Gasteiger partial charge in [-0.05, 0) is 36.4 Å². The van der Waals surface area contributed by atoms with Gasteiger partial charge in [0.2, 0.25) is 0 Å². The average molecular weight is 286 g/mol. The van der Waals surface area contributed by atoms with Crippen LogP contribution in [0.1, 0.15) is 15.9 Å². The summed E-state index contributed by atoms with van der Waals surface area (Å²) in [7, 11) is 3.03. The first kappa shape index (κ1) is 14.8. The zero-order chi connectivity index (χ0) is 15.2. The van der Waals surface area contributed by atoms with Crippen LogP contribution in [-0.2, 0) is 0 Å². The predicted octanol–water partition coefficient (Wildman–Crippen LogP) is 3.74. The molecule has 2 aromatic rings. The Morgan fingerprint density at radius 1 is 1.05 bits per heavy atom. The largest absolute Gasteiger partial charge is 0.493 e. The first-order valence-electron chi connectivity index (χ1n) is 6.34. The number of hydrogen-bond donors (Lipinski definition) is 0. The summed E-state index contributed by atoms with van der Waals surface area (Å²) in [6, 6.07) is 11.1. The van der Waals surface area contributed by atoms with E-state index in [1.54, 1.807) is 36.4 Å². The molecule has 0 saturated carbocycles. The van der Waals surface area contributed by atoms with Crippen molar-refractivity contribution in [3.05, 3.63) is 65.5 Å². The van der Waals surface area contributed by atoms with Crippen molar-refractivity contribution in [2.45, 2.75) is 0 Å². The van der Waals surface area contributed by atoms with Gasteiger partial charge in [-0.2, -0.15) is 0 Å². The van der Waals surface area contributed by atoms with E-state index < -0.39 is 0 Å². The summed E-state index contributed by atoms with van der Waals surface area (Å²) in [6.07, 6.45) is 2.79. The van der Waals surface area contributed by atoms with E-state index in [-0.39, 0.29) is 11.6 Å². The molecule has 3 nitrogen and oxygen atoms in total. The number of halogens is 1. The molecule has 0 bridgehead atoms. The van der Waals surface area contributed by atoms with Crippen LogP contribution in [0, 0.1) is 5.82 Å². The molecule has 0 fully saturated rings. The molecule has 0 aliphatic carbocycles. The van der Waals surface area contributed by atoms with E-state index in [0.29, 0.717) is 22.6 Å². The zero-order valence-electron chi connectivity index (χ0n) is 11.8. The lowest BCUT2D eigenvalue weighted by molar-refractivity contribution is 0.104. The summed E-state index contributed by atoms with van der Waals surface area (Å²) in [5.74, 6) is 0.419. The highest BCUT2D eigenvalue weighted by atomic mass is 19.1. The molecule has 0 aliphatic heterocycles. The van der Waals surface area contributed by atoms with E-state index in [1.807, 2.05) is 0 Å². The van der Waals surface area contributed by atoms with Crippen molar-refractivity contribution in [2.24, 2.45) is 0 Å². The van der Waals surface area contributed by atoms with Crippen molar-refractivity contribution in [3.63, 3.8) is 0 Å². The third kappa shape index (κ3) is 3.48. The highest BCUT2D eigenvalue weighted by Gasteiger charge is 2.08. The second-order valence-electron chi connectivity index (χ2n) is 4.29. The summed E-state index contributed by atoms with van der Waals surface area (Å²) in [4.78, 5) is 12.1. The molecular formula is C17H15FO3. The molecular weight excluding hydrogens is 271 g/mol. The van der Waals surface area contributed by atoms with Gasteiger partial charge in [0.1, 0.15) is 5.82 Å². The lowest BCUT2D eigenvalue weighted by Crippen LogP contribution is -1.97. The minimum atomic E-state index is -0.367. The van der Waals surface area contributed by atoms with Crippen LogP contribution in [0.3, 0.4) is 0 Å². The smallest absolute Gasteiger partial charge is 0.185 e. The maximum absolute atomic E-state index is 13.5. The number of carbonyl (C=O) groups is 1. The minimum Gasteiger partial charge on any atom is -0.493 e. The normalized spacial score (nSPS) is 10.6. The van der Waals surface area contributed by atoms with E-state index in [0.717, 1.165) is 0 Å². The number of carbonyl (C=O) groups excluding carboxylic acids is 1. The van der Waals surface area contributed by atoms with Gasteiger partial charge in [0.05, 0.1) is 14.2 Å². The number of benzene rings is 2. The molecule has 2 aromatic carbocycles. The van der Waals surface area contributed by atoms with Crippen LogP contribution in [0.5, 0.6) is 11.5 Å². The lowest BCUT2D eigenvalue weighted by atomic mass is 10.1. The number of methoxy groups -OCH3 is 2. The summed E-state index contributed by atoms with van der Waals surface area (Å²) >= 11 is 0. The van der Waals surface area contributed by atoms with Crippen LogP contribution in [-0.4, -0.2) is 20.0 Å². The fourth-order valence-electron chi connectivity index (χ4n) is 1.86. The van der Waals surface area contributed by atoms with Crippen LogP contribution in [0.25, 0.3) is 6.08 Å². The predicted molar refractivity (Wildman–Crippen MR) is 79.3 cm³/mol. The standard InChI is InChI=1S/C17H15FO3/c1-20-16-10-8-13(11-17(16)21-2)15(19)9-7-12-5-3-4-6-14(12)18/h3-11H,1-2H3/b9-7-. The highest BCUT2D eigenvalue weighted by molar-refractivity contribution is 6.07. The molecule has 21 heavy (non-hydrogen) atoms. The SMILES string of the molecule is COc1ccc(C(=O)/C=C\c2ccccc2F)cc1OC. The summed E-state index contributed by atoms with van der Waals surface area (Å²) < 4.78 is 23.7. The monoisotopic (exact) mass is 286 g/mol. The molecule has 0 aromatic heterocycles. The number of rotatable bonds is 5. The molecule has 108 valence electrons. The van der Waals surface area contributed by atoms with Crippen LogP contribution in [0.15, 0.2) is 48.5 Å². The highest BCUT2D eigenvalue weighted by Crippen LogP contribution is 2.27. The fraction of sp³-hybridized carbons (Fsp3) is 0.118. The van der Waals surface area contributed by atoms with Gasteiger partial charge in [-0.25, -0.2) is 4.39 Å². The van der Waals surface area contributed by atoms with Crippen molar-refractivity contribution >= 4 is 11.9 Å². The first-order chi connectivity index (χ1) is 10.2. The van der Waals surface area contributed by atoms with E-state index in [1.165, 1.54) is 32.4 Å². The van der Waals surface area contributed by atoms with E-state index in [9.17, 15) is 9.18 Å². The van der Waals surface area contributed by atoms with Crippen LogP contribution in [0.2, 0.25) is 0 Å². The molecule has 0 unspecified atom stereocenters. The van der Waals surface area contributed by atoms with Crippen LogP contribution < -0.4 is 9.47 Å². The van der Waals surface area contributed by atoms with Gasteiger partial charge in [0, 0.05) is 11.1 Å². The molecule has 0 aliphatic rings. The maximum Gasteiger partial charge on any atom is 0.185 e.